The van der Waals surface area contributed by atoms with Gasteiger partial charge in [-0.25, -0.2) is 9.37 Å². The number of anilines is 1. The van der Waals surface area contributed by atoms with E-state index in [9.17, 15) is 14.0 Å². The van der Waals surface area contributed by atoms with Crippen molar-refractivity contribution in [2.75, 3.05) is 5.32 Å². The third kappa shape index (κ3) is 4.04. The van der Waals surface area contributed by atoms with Crippen molar-refractivity contribution in [3.05, 3.63) is 46.2 Å². The summed E-state index contributed by atoms with van der Waals surface area (Å²) in [5, 5.41) is 3.39. The van der Waals surface area contributed by atoms with E-state index in [4.69, 9.17) is 0 Å². The van der Waals surface area contributed by atoms with Gasteiger partial charge in [-0.3, -0.25) is 9.59 Å². The summed E-state index contributed by atoms with van der Waals surface area (Å²) in [4.78, 5) is 32.0. The zero-order chi connectivity index (χ0) is 18.0. The molecule has 1 unspecified atom stereocenters. The molecule has 7 heteroatoms. The molecule has 3 rings (SSSR count). The first kappa shape index (κ1) is 17.5. The number of nitrogens with zero attached hydrogens (tertiary/aromatic N) is 2. The fraction of sp³-hybridized carbons (Fsp3) is 0.389. The molecule has 2 aromatic rings. The van der Waals surface area contributed by atoms with E-state index in [1.165, 1.54) is 23.5 Å². The molecule has 0 spiro atoms. The molecule has 0 bridgehead atoms. The molecular formula is C18H20FN3O2S. The van der Waals surface area contributed by atoms with Crippen molar-refractivity contribution >= 4 is 28.3 Å². The molecule has 1 atom stereocenters. The number of aryl methyl sites for hydroxylation is 2. The van der Waals surface area contributed by atoms with Crippen LogP contribution in [-0.4, -0.2) is 27.7 Å². The quantitative estimate of drug-likeness (QED) is 0.908. The molecule has 1 fully saturated rings. The first-order valence-corrected chi connectivity index (χ1v) is 9.04. The number of piperidine rings is 1. The predicted octanol–water partition coefficient (Wildman–Crippen LogP) is 3.42. The summed E-state index contributed by atoms with van der Waals surface area (Å²) in [6, 6.07) is 5.47. The van der Waals surface area contributed by atoms with Crippen LogP contribution in [0.2, 0.25) is 0 Å². The molecule has 2 heterocycles. The number of amides is 2. The van der Waals surface area contributed by atoms with E-state index in [1.807, 2.05) is 13.8 Å². The van der Waals surface area contributed by atoms with Crippen LogP contribution in [0.3, 0.4) is 0 Å². The minimum Gasteiger partial charge on any atom is -0.326 e. The van der Waals surface area contributed by atoms with Crippen LogP contribution in [0.5, 0.6) is 0 Å². The number of likely N-dealkylation sites (tertiary alicyclic amines) is 1. The Bertz CT molecular complexity index is 769. The Labute approximate surface area is 149 Å². The van der Waals surface area contributed by atoms with Gasteiger partial charge in [0.05, 0.1) is 5.69 Å². The minimum atomic E-state index is -0.532. The fourth-order valence-corrected chi connectivity index (χ4v) is 3.71. The molecule has 25 heavy (non-hydrogen) atoms. The summed E-state index contributed by atoms with van der Waals surface area (Å²) in [5.41, 5.74) is 1.69. The number of carbonyl (C=O) groups excluding carboxylic acids is 2. The Kier molecular flexibility index (Phi) is 5.13. The molecule has 5 nitrogen and oxygen atoms in total. The Morgan fingerprint density at radius 1 is 1.36 bits per heavy atom. The van der Waals surface area contributed by atoms with Gasteiger partial charge in [-0.1, -0.05) is 12.1 Å². The van der Waals surface area contributed by atoms with Gasteiger partial charge in [0.1, 0.15) is 11.9 Å². The van der Waals surface area contributed by atoms with Crippen LogP contribution in [0.1, 0.15) is 35.4 Å². The summed E-state index contributed by atoms with van der Waals surface area (Å²) in [6.07, 6.45) is 1.73. The molecule has 1 N–H and O–H groups in total. The van der Waals surface area contributed by atoms with Crippen molar-refractivity contribution in [2.45, 2.75) is 45.7 Å². The number of benzene rings is 1. The Balaban J connectivity index is 1.75. The minimum absolute atomic E-state index is 0.0535. The van der Waals surface area contributed by atoms with E-state index in [0.717, 1.165) is 16.1 Å². The van der Waals surface area contributed by atoms with Crippen molar-refractivity contribution in [3.63, 3.8) is 0 Å². The predicted molar refractivity (Wildman–Crippen MR) is 94.8 cm³/mol. The lowest BCUT2D eigenvalue weighted by Crippen LogP contribution is -2.49. The van der Waals surface area contributed by atoms with Crippen LogP contribution in [0.4, 0.5) is 9.52 Å². The second kappa shape index (κ2) is 7.31. The zero-order valence-corrected chi connectivity index (χ0v) is 15.0. The maximum atomic E-state index is 13.1. The molecule has 0 radical (unpaired) electrons. The molecule has 1 aromatic carbocycles. The van der Waals surface area contributed by atoms with Crippen LogP contribution in [0.25, 0.3) is 0 Å². The molecule has 0 aliphatic carbocycles. The number of hydrogen-bond donors (Lipinski definition) is 1. The smallest absolute Gasteiger partial charge is 0.248 e. The highest BCUT2D eigenvalue weighted by Gasteiger charge is 2.33. The van der Waals surface area contributed by atoms with Crippen LogP contribution in [0, 0.1) is 19.7 Å². The first-order chi connectivity index (χ1) is 11.9. The van der Waals surface area contributed by atoms with E-state index in [2.05, 4.69) is 10.3 Å². The van der Waals surface area contributed by atoms with Crippen LogP contribution in [0.15, 0.2) is 24.3 Å². The summed E-state index contributed by atoms with van der Waals surface area (Å²) in [6.45, 7) is 4.15. The van der Waals surface area contributed by atoms with Crippen molar-refractivity contribution in [2.24, 2.45) is 0 Å². The summed E-state index contributed by atoms with van der Waals surface area (Å²) >= 11 is 1.43. The van der Waals surface area contributed by atoms with Gasteiger partial charge in [-0.15, -0.1) is 11.3 Å². The number of aromatic nitrogens is 1. The lowest BCUT2D eigenvalue weighted by molar-refractivity contribution is -0.142. The van der Waals surface area contributed by atoms with E-state index < -0.39 is 6.04 Å². The highest BCUT2D eigenvalue weighted by atomic mass is 32.1. The number of halogens is 1. The average molecular weight is 361 g/mol. The monoisotopic (exact) mass is 361 g/mol. The van der Waals surface area contributed by atoms with Gasteiger partial charge < -0.3 is 10.2 Å². The normalized spacial score (nSPS) is 17.6. The molecule has 1 aromatic heterocycles. The van der Waals surface area contributed by atoms with Crippen molar-refractivity contribution in [1.29, 1.82) is 0 Å². The third-order valence-corrected chi connectivity index (χ3v) is 5.38. The number of carbonyl (C=O) groups is 2. The van der Waals surface area contributed by atoms with Gasteiger partial charge in [0.2, 0.25) is 11.8 Å². The average Bonchev–Trinajstić information content (AvgIpc) is 2.89. The topological polar surface area (TPSA) is 62.3 Å². The molecule has 0 saturated carbocycles. The number of thiazole rings is 1. The fourth-order valence-electron chi connectivity index (χ4n) is 2.89. The van der Waals surface area contributed by atoms with Gasteiger partial charge in [0, 0.05) is 17.8 Å². The highest BCUT2D eigenvalue weighted by molar-refractivity contribution is 7.15. The van der Waals surface area contributed by atoms with Crippen molar-refractivity contribution < 1.29 is 14.0 Å². The molecule has 1 aliphatic rings. The Hall–Kier alpha value is -2.28. The third-order valence-electron chi connectivity index (χ3n) is 4.39. The van der Waals surface area contributed by atoms with Gasteiger partial charge in [-0.05, 0) is 44.4 Å². The van der Waals surface area contributed by atoms with Crippen LogP contribution in [-0.2, 0) is 16.1 Å². The SMILES string of the molecule is Cc1nc(NC(=O)C2CCCC(=O)N2Cc2ccc(F)cc2)sc1C. The molecule has 2 amide bonds. The first-order valence-electron chi connectivity index (χ1n) is 8.23. The van der Waals surface area contributed by atoms with Gasteiger partial charge in [0.25, 0.3) is 0 Å². The lowest BCUT2D eigenvalue weighted by atomic mass is 9.99. The highest BCUT2D eigenvalue weighted by Crippen LogP contribution is 2.25. The Morgan fingerprint density at radius 2 is 2.08 bits per heavy atom. The van der Waals surface area contributed by atoms with E-state index >= 15 is 0 Å². The Morgan fingerprint density at radius 3 is 2.72 bits per heavy atom. The molecule has 132 valence electrons. The van der Waals surface area contributed by atoms with Gasteiger partial charge in [0.15, 0.2) is 5.13 Å². The van der Waals surface area contributed by atoms with Gasteiger partial charge >= 0.3 is 0 Å². The maximum Gasteiger partial charge on any atom is 0.248 e. The summed E-state index contributed by atoms with van der Waals surface area (Å²) in [5.74, 6) is -0.594. The van der Waals surface area contributed by atoms with Crippen LogP contribution >= 0.6 is 11.3 Å². The standard InChI is InChI=1S/C18H20FN3O2S/c1-11-12(2)25-18(20-11)21-17(24)15-4-3-5-16(23)22(15)10-13-6-8-14(19)9-7-13/h6-9,15H,3-5,10H2,1-2H3,(H,20,21,24). The van der Waals surface area contributed by atoms with E-state index in [1.54, 1.807) is 17.0 Å². The van der Waals surface area contributed by atoms with Crippen molar-refractivity contribution in [3.8, 4) is 0 Å². The number of hydrogen-bond acceptors (Lipinski definition) is 4. The van der Waals surface area contributed by atoms with Crippen LogP contribution < -0.4 is 5.32 Å². The van der Waals surface area contributed by atoms with Gasteiger partial charge in [-0.2, -0.15) is 0 Å². The summed E-state index contributed by atoms with van der Waals surface area (Å²) < 4.78 is 13.1. The molecule has 1 aliphatic heterocycles. The second-order valence-corrected chi connectivity index (χ2v) is 7.41. The van der Waals surface area contributed by atoms with E-state index in [-0.39, 0.29) is 17.6 Å². The number of rotatable bonds is 4. The lowest BCUT2D eigenvalue weighted by Gasteiger charge is -2.34. The summed E-state index contributed by atoms with van der Waals surface area (Å²) in [7, 11) is 0. The molecular weight excluding hydrogens is 341 g/mol. The number of nitrogens with one attached hydrogen (secondary N) is 1. The van der Waals surface area contributed by atoms with Crippen molar-refractivity contribution in [1.82, 2.24) is 9.88 Å². The zero-order valence-electron chi connectivity index (χ0n) is 14.2. The van der Waals surface area contributed by atoms with E-state index in [0.29, 0.717) is 30.9 Å². The maximum absolute atomic E-state index is 13.1. The largest absolute Gasteiger partial charge is 0.326 e. The molecule has 1 saturated heterocycles. The second-order valence-electron chi connectivity index (χ2n) is 6.21.